The second kappa shape index (κ2) is 5.35. The zero-order chi connectivity index (χ0) is 10.6. The van der Waals surface area contributed by atoms with Crippen molar-refractivity contribution in [2.45, 2.75) is 45.6 Å². The second-order valence-corrected chi connectivity index (χ2v) is 4.67. The quantitative estimate of drug-likeness (QED) is 0.744. The zero-order valence-corrected chi connectivity index (χ0v) is 9.33. The molecule has 0 radical (unpaired) electrons. The maximum absolute atomic E-state index is 11.7. The number of hydrogen-bond acceptors (Lipinski definition) is 2. The van der Waals surface area contributed by atoms with Gasteiger partial charge in [-0.25, -0.2) is 0 Å². The first-order chi connectivity index (χ1) is 6.59. The van der Waals surface area contributed by atoms with E-state index in [4.69, 9.17) is 5.73 Å². The van der Waals surface area contributed by atoms with Gasteiger partial charge in [0, 0.05) is 25.6 Å². The van der Waals surface area contributed by atoms with Crippen molar-refractivity contribution in [2.24, 2.45) is 11.7 Å². The summed E-state index contributed by atoms with van der Waals surface area (Å²) in [6.45, 7) is 5.96. The number of nitrogens with zero attached hydrogens (tertiary/aromatic N) is 1. The van der Waals surface area contributed by atoms with Gasteiger partial charge in [-0.3, -0.25) is 4.79 Å². The third-order valence-electron chi connectivity index (χ3n) is 2.75. The Labute approximate surface area is 86.6 Å². The maximum Gasteiger partial charge on any atom is 0.222 e. The minimum Gasteiger partial charge on any atom is -0.341 e. The predicted octanol–water partition coefficient (Wildman–Crippen LogP) is 1.37. The largest absolute Gasteiger partial charge is 0.341 e. The van der Waals surface area contributed by atoms with E-state index < -0.39 is 0 Å². The fourth-order valence-corrected chi connectivity index (χ4v) is 1.81. The molecule has 0 spiro atoms. The molecule has 0 bridgehead atoms. The third kappa shape index (κ3) is 3.66. The van der Waals surface area contributed by atoms with Gasteiger partial charge in [0.2, 0.25) is 5.91 Å². The lowest BCUT2D eigenvalue weighted by Crippen LogP contribution is -2.45. The van der Waals surface area contributed by atoms with Gasteiger partial charge in [0.25, 0.3) is 0 Å². The van der Waals surface area contributed by atoms with Crippen molar-refractivity contribution in [3.05, 3.63) is 0 Å². The molecule has 0 aromatic rings. The molecular weight excluding hydrogens is 176 g/mol. The highest BCUT2D eigenvalue weighted by Crippen LogP contribution is 2.12. The molecule has 1 saturated heterocycles. The van der Waals surface area contributed by atoms with Crippen LogP contribution in [0.15, 0.2) is 0 Å². The Kier molecular flexibility index (Phi) is 4.39. The first kappa shape index (κ1) is 11.5. The summed E-state index contributed by atoms with van der Waals surface area (Å²) in [6.07, 6.45) is 3.80. The predicted molar refractivity (Wildman–Crippen MR) is 57.9 cm³/mol. The molecule has 3 heteroatoms. The van der Waals surface area contributed by atoms with E-state index in [2.05, 4.69) is 13.8 Å². The van der Waals surface area contributed by atoms with Crippen LogP contribution in [0.2, 0.25) is 0 Å². The molecule has 1 aliphatic rings. The van der Waals surface area contributed by atoms with Crippen molar-refractivity contribution in [1.82, 2.24) is 4.90 Å². The molecule has 1 atom stereocenters. The summed E-state index contributed by atoms with van der Waals surface area (Å²) < 4.78 is 0. The highest BCUT2D eigenvalue weighted by Gasteiger charge is 2.20. The van der Waals surface area contributed by atoms with Gasteiger partial charge in [0.15, 0.2) is 0 Å². The van der Waals surface area contributed by atoms with E-state index in [-0.39, 0.29) is 11.9 Å². The fourth-order valence-electron chi connectivity index (χ4n) is 1.81. The molecule has 14 heavy (non-hydrogen) atoms. The maximum atomic E-state index is 11.7. The number of piperidine rings is 1. The van der Waals surface area contributed by atoms with E-state index in [1.54, 1.807) is 0 Å². The van der Waals surface area contributed by atoms with Crippen molar-refractivity contribution in [3.8, 4) is 0 Å². The normalized spacial score (nSPS) is 22.9. The molecule has 1 fully saturated rings. The SMILES string of the molecule is CC(C)CCC(=O)N1CCC[C@@H](N)C1. The van der Waals surface area contributed by atoms with Gasteiger partial charge in [-0.05, 0) is 25.2 Å². The van der Waals surface area contributed by atoms with E-state index in [0.717, 1.165) is 32.4 Å². The van der Waals surface area contributed by atoms with Gasteiger partial charge in [-0.2, -0.15) is 0 Å². The van der Waals surface area contributed by atoms with Crippen molar-refractivity contribution in [3.63, 3.8) is 0 Å². The van der Waals surface area contributed by atoms with Crippen LogP contribution in [0.5, 0.6) is 0 Å². The molecule has 3 nitrogen and oxygen atoms in total. The van der Waals surface area contributed by atoms with Gasteiger partial charge in [-0.1, -0.05) is 13.8 Å². The molecular formula is C11H22N2O. The van der Waals surface area contributed by atoms with E-state index >= 15 is 0 Å². The topological polar surface area (TPSA) is 46.3 Å². The average Bonchev–Trinajstić information content (AvgIpc) is 2.14. The molecule has 1 amide bonds. The van der Waals surface area contributed by atoms with Gasteiger partial charge in [0.05, 0.1) is 0 Å². The Bertz CT molecular complexity index is 192. The number of carbonyl (C=O) groups excluding carboxylic acids is 1. The summed E-state index contributed by atoms with van der Waals surface area (Å²) in [5.41, 5.74) is 5.82. The summed E-state index contributed by atoms with van der Waals surface area (Å²) in [4.78, 5) is 13.6. The van der Waals surface area contributed by atoms with Crippen LogP contribution in [0, 0.1) is 5.92 Å². The number of carbonyl (C=O) groups is 1. The Hall–Kier alpha value is -0.570. The monoisotopic (exact) mass is 198 g/mol. The number of amides is 1. The third-order valence-corrected chi connectivity index (χ3v) is 2.75. The van der Waals surface area contributed by atoms with E-state index in [1.807, 2.05) is 4.90 Å². The minimum absolute atomic E-state index is 0.201. The number of likely N-dealkylation sites (tertiary alicyclic amines) is 1. The molecule has 1 aliphatic heterocycles. The summed E-state index contributed by atoms with van der Waals surface area (Å²) >= 11 is 0. The van der Waals surface area contributed by atoms with Crippen LogP contribution >= 0.6 is 0 Å². The van der Waals surface area contributed by atoms with E-state index in [0.29, 0.717) is 12.3 Å². The molecule has 0 aromatic carbocycles. The van der Waals surface area contributed by atoms with Gasteiger partial charge in [0.1, 0.15) is 0 Å². The van der Waals surface area contributed by atoms with Gasteiger partial charge in [-0.15, -0.1) is 0 Å². The molecule has 82 valence electrons. The van der Waals surface area contributed by atoms with Crippen LogP contribution in [0.1, 0.15) is 39.5 Å². The molecule has 1 rings (SSSR count). The van der Waals surface area contributed by atoms with Gasteiger partial charge < -0.3 is 10.6 Å². The fraction of sp³-hybridized carbons (Fsp3) is 0.909. The highest BCUT2D eigenvalue weighted by atomic mass is 16.2. The molecule has 0 saturated carbocycles. The van der Waals surface area contributed by atoms with Crippen molar-refractivity contribution in [2.75, 3.05) is 13.1 Å². The smallest absolute Gasteiger partial charge is 0.222 e. The number of nitrogens with two attached hydrogens (primary N) is 1. The molecule has 2 N–H and O–H groups in total. The van der Waals surface area contributed by atoms with Crippen molar-refractivity contribution in [1.29, 1.82) is 0 Å². The summed E-state index contributed by atoms with van der Waals surface area (Å²) in [7, 11) is 0. The molecule has 0 unspecified atom stereocenters. The van der Waals surface area contributed by atoms with E-state index in [9.17, 15) is 4.79 Å². The lowest BCUT2D eigenvalue weighted by Gasteiger charge is -2.31. The Morgan fingerprint density at radius 2 is 2.29 bits per heavy atom. The second-order valence-electron chi connectivity index (χ2n) is 4.67. The summed E-state index contributed by atoms with van der Waals surface area (Å²) in [6, 6.07) is 0.201. The number of rotatable bonds is 3. The van der Waals surface area contributed by atoms with Crippen molar-refractivity contribution >= 4 is 5.91 Å². The molecule has 0 aliphatic carbocycles. The highest BCUT2D eigenvalue weighted by molar-refractivity contribution is 5.76. The van der Waals surface area contributed by atoms with Crippen LogP contribution in [-0.4, -0.2) is 29.9 Å². The minimum atomic E-state index is 0.201. The average molecular weight is 198 g/mol. The molecule has 0 aromatic heterocycles. The van der Waals surface area contributed by atoms with Crippen LogP contribution < -0.4 is 5.73 Å². The standard InChI is InChI=1S/C11H22N2O/c1-9(2)5-6-11(14)13-7-3-4-10(12)8-13/h9-10H,3-8,12H2,1-2H3/t10-/m1/s1. The van der Waals surface area contributed by atoms with Crippen molar-refractivity contribution < 1.29 is 4.79 Å². The summed E-state index contributed by atoms with van der Waals surface area (Å²) in [5.74, 6) is 0.895. The lowest BCUT2D eigenvalue weighted by molar-refractivity contribution is -0.132. The summed E-state index contributed by atoms with van der Waals surface area (Å²) in [5, 5.41) is 0. The van der Waals surface area contributed by atoms with Crippen LogP contribution in [0.3, 0.4) is 0 Å². The van der Waals surface area contributed by atoms with Crippen LogP contribution in [-0.2, 0) is 4.79 Å². The van der Waals surface area contributed by atoms with Crippen LogP contribution in [0.25, 0.3) is 0 Å². The lowest BCUT2D eigenvalue weighted by atomic mass is 10.0. The Morgan fingerprint density at radius 1 is 1.57 bits per heavy atom. The van der Waals surface area contributed by atoms with Gasteiger partial charge >= 0.3 is 0 Å². The van der Waals surface area contributed by atoms with E-state index in [1.165, 1.54) is 0 Å². The number of hydrogen-bond donors (Lipinski definition) is 1. The first-order valence-electron chi connectivity index (χ1n) is 5.63. The Balaban J connectivity index is 2.29. The molecule has 1 heterocycles. The zero-order valence-electron chi connectivity index (χ0n) is 9.33. The van der Waals surface area contributed by atoms with Crippen LogP contribution in [0.4, 0.5) is 0 Å². The first-order valence-corrected chi connectivity index (χ1v) is 5.63. The Morgan fingerprint density at radius 3 is 2.86 bits per heavy atom.